The van der Waals surface area contributed by atoms with Crippen LogP contribution < -0.4 is 14.4 Å². The number of para-hydroxylation sites is 2. The number of sulfonamides is 1. The van der Waals surface area contributed by atoms with Crippen LogP contribution in [0.2, 0.25) is 0 Å². The lowest BCUT2D eigenvalue weighted by molar-refractivity contribution is -0.274. The molecule has 3 aromatic rings. The summed E-state index contributed by atoms with van der Waals surface area (Å²) in [6, 6.07) is 12.0. The van der Waals surface area contributed by atoms with E-state index in [0.717, 1.165) is 42.6 Å². The largest absolute Gasteiger partial charge is 0.573 e. The zero-order valence-corrected chi connectivity index (χ0v) is 21.4. The van der Waals surface area contributed by atoms with E-state index in [0.29, 0.717) is 5.69 Å². The van der Waals surface area contributed by atoms with Gasteiger partial charge in [0.25, 0.3) is 10.0 Å². The van der Waals surface area contributed by atoms with E-state index in [1.165, 1.54) is 6.07 Å². The predicted octanol–water partition coefficient (Wildman–Crippen LogP) is 5.68. The van der Waals surface area contributed by atoms with E-state index < -0.39 is 56.8 Å². The van der Waals surface area contributed by atoms with Gasteiger partial charge in [-0.05, 0) is 54.6 Å². The highest BCUT2D eigenvalue weighted by molar-refractivity contribution is 7.90. The Hall–Kier alpha value is -3.82. The lowest BCUT2D eigenvalue weighted by Gasteiger charge is -2.44. The molecule has 1 fully saturated rings. The molecule has 218 valence electrons. The Morgan fingerprint density at radius 3 is 2.29 bits per heavy atom. The second kappa shape index (κ2) is 10.5. The predicted molar refractivity (Wildman–Crippen MR) is 133 cm³/mol. The van der Waals surface area contributed by atoms with Gasteiger partial charge in [-0.15, -0.1) is 13.2 Å². The molecule has 41 heavy (non-hydrogen) atoms. The molecule has 3 atom stereocenters. The van der Waals surface area contributed by atoms with Crippen molar-refractivity contribution in [2.24, 2.45) is 10.3 Å². The molecule has 8 nitrogen and oxygen atoms in total. The Balaban J connectivity index is 1.41. The van der Waals surface area contributed by atoms with Gasteiger partial charge in [0.1, 0.15) is 5.75 Å². The Morgan fingerprint density at radius 1 is 0.927 bits per heavy atom. The minimum atomic E-state index is -4.95. The third-order valence-electron chi connectivity index (χ3n) is 6.40. The number of fused-ring (bicyclic) bond motifs is 2. The molecule has 0 spiro atoms. The van der Waals surface area contributed by atoms with Crippen LogP contribution >= 0.6 is 0 Å². The van der Waals surface area contributed by atoms with Crippen molar-refractivity contribution in [2.45, 2.75) is 29.6 Å². The Morgan fingerprint density at radius 2 is 1.61 bits per heavy atom. The van der Waals surface area contributed by atoms with E-state index in [4.69, 9.17) is 9.47 Å². The second-order valence-electron chi connectivity index (χ2n) is 9.13. The summed E-state index contributed by atoms with van der Waals surface area (Å²) in [5.41, 5.74) is -0.251. The van der Waals surface area contributed by atoms with Crippen molar-refractivity contribution in [2.75, 3.05) is 18.1 Å². The number of nitrogens with zero attached hydrogens (tertiary/aromatic N) is 2. The fourth-order valence-electron chi connectivity index (χ4n) is 4.52. The lowest BCUT2D eigenvalue weighted by Crippen LogP contribution is -2.53. The van der Waals surface area contributed by atoms with Crippen LogP contribution in [0.15, 0.2) is 76.0 Å². The van der Waals surface area contributed by atoms with Gasteiger partial charge in [0.05, 0.1) is 47.2 Å². The van der Waals surface area contributed by atoms with Crippen LogP contribution in [0.3, 0.4) is 0 Å². The van der Waals surface area contributed by atoms with Crippen LogP contribution in [-0.4, -0.2) is 51.5 Å². The molecular weight excluding hydrogens is 582 g/mol. The fourth-order valence-corrected chi connectivity index (χ4v) is 5.44. The van der Waals surface area contributed by atoms with Gasteiger partial charge in [-0.2, -0.15) is 26.0 Å². The first kappa shape index (κ1) is 28.7. The number of anilines is 2. The zero-order valence-electron chi connectivity index (χ0n) is 20.6. The third kappa shape index (κ3) is 6.11. The molecule has 0 radical (unpaired) electrons. The van der Waals surface area contributed by atoms with Gasteiger partial charge in [-0.1, -0.05) is 12.1 Å². The fraction of sp³-hybridized carbons (Fsp3) is 0.269. The van der Waals surface area contributed by atoms with Crippen molar-refractivity contribution < 1.29 is 54.1 Å². The van der Waals surface area contributed by atoms with Crippen molar-refractivity contribution in [3.05, 3.63) is 72.3 Å². The summed E-state index contributed by atoms with van der Waals surface area (Å²) >= 11 is 0. The van der Waals surface area contributed by atoms with Gasteiger partial charge in [0.15, 0.2) is 11.5 Å². The van der Waals surface area contributed by atoms with Crippen LogP contribution in [0.4, 0.5) is 37.7 Å². The van der Waals surface area contributed by atoms with Gasteiger partial charge in [-0.25, -0.2) is 0 Å². The van der Waals surface area contributed by atoms with E-state index in [1.54, 1.807) is 29.2 Å². The van der Waals surface area contributed by atoms with Crippen LogP contribution in [0.1, 0.15) is 5.56 Å². The number of aliphatic hydroxyl groups excluding tert-OH is 1. The van der Waals surface area contributed by atoms with Crippen molar-refractivity contribution >= 4 is 27.6 Å². The van der Waals surface area contributed by atoms with Crippen LogP contribution in [0.5, 0.6) is 17.2 Å². The summed E-state index contributed by atoms with van der Waals surface area (Å²) in [5, 5.41) is 11.3. The molecule has 0 saturated carbocycles. The number of hydrogen-bond acceptors (Lipinski definition) is 7. The van der Waals surface area contributed by atoms with Crippen LogP contribution in [0, 0.1) is 5.92 Å². The molecule has 5 rings (SSSR count). The highest BCUT2D eigenvalue weighted by atomic mass is 32.2. The molecular formula is C26H20F6N2O6S. The van der Waals surface area contributed by atoms with Crippen LogP contribution in [0.25, 0.3) is 0 Å². The Kier molecular flexibility index (Phi) is 7.38. The molecule has 1 N–H and O–H groups in total. The maximum absolute atomic E-state index is 13.4. The van der Waals surface area contributed by atoms with Crippen molar-refractivity contribution in [1.82, 2.24) is 0 Å². The standard InChI is InChI=1S/C26H20F6N2O6S/c27-25(28,29)16-5-10-20-23(11-16)39-22-4-2-1-3-19(22)34(20)21-14-38-13-15(24(21)35)12-33-41(36,37)18-8-6-17(7-9-18)40-26(30,31)32/h1-12,15,21,24,35H,13-14H2/b33-12-/t15?,21-,24-/m0/s1. The van der Waals surface area contributed by atoms with E-state index >= 15 is 0 Å². The first-order chi connectivity index (χ1) is 19.2. The summed E-state index contributed by atoms with van der Waals surface area (Å²) in [7, 11) is -4.38. The molecule has 1 unspecified atom stereocenters. The minimum Gasteiger partial charge on any atom is -0.453 e. The molecule has 2 aliphatic rings. The number of ether oxygens (including phenoxy) is 3. The molecule has 0 aromatic heterocycles. The molecule has 1 saturated heterocycles. The van der Waals surface area contributed by atoms with E-state index in [1.807, 2.05) is 0 Å². The normalized spacial score (nSPS) is 21.2. The van der Waals surface area contributed by atoms with Crippen molar-refractivity contribution in [1.29, 1.82) is 0 Å². The number of aliphatic hydroxyl groups is 1. The molecule has 0 bridgehead atoms. The number of benzene rings is 3. The average molecular weight is 603 g/mol. The zero-order chi connectivity index (χ0) is 29.6. The topological polar surface area (TPSA) is 97.7 Å². The van der Waals surface area contributed by atoms with Gasteiger partial charge in [-0.3, -0.25) is 0 Å². The monoisotopic (exact) mass is 602 g/mol. The summed E-state index contributed by atoms with van der Waals surface area (Å²) in [6.07, 6.45) is -9.90. The maximum Gasteiger partial charge on any atom is 0.573 e. The van der Waals surface area contributed by atoms with Crippen LogP contribution in [-0.2, 0) is 20.9 Å². The molecule has 0 aliphatic carbocycles. The van der Waals surface area contributed by atoms with Gasteiger partial charge >= 0.3 is 12.5 Å². The lowest BCUT2D eigenvalue weighted by atomic mass is 9.93. The highest BCUT2D eigenvalue weighted by Gasteiger charge is 2.41. The van der Waals surface area contributed by atoms with Crippen molar-refractivity contribution in [3.8, 4) is 17.2 Å². The second-order valence-corrected chi connectivity index (χ2v) is 10.8. The van der Waals surface area contributed by atoms with Gasteiger partial charge in [0.2, 0.25) is 0 Å². The summed E-state index contributed by atoms with van der Waals surface area (Å²) in [4.78, 5) is 1.16. The molecule has 2 aliphatic heterocycles. The van der Waals surface area contributed by atoms with E-state index in [2.05, 4.69) is 9.13 Å². The number of hydrogen-bond donors (Lipinski definition) is 1. The smallest absolute Gasteiger partial charge is 0.453 e. The number of rotatable bonds is 5. The first-order valence-corrected chi connectivity index (χ1v) is 13.4. The minimum absolute atomic E-state index is 0.0618. The third-order valence-corrected chi connectivity index (χ3v) is 7.67. The maximum atomic E-state index is 13.4. The number of halogens is 6. The van der Waals surface area contributed by atoms with Gasteiger partial charge < -0.3 is 24.2 Å². The van der Waals surface area contributed by atoms with Gasteiger partial charge in [0, 0.05) is 12.1 Å². The van der Waals surface area contributed by atoms with E-state index in [9.17, 15) is 39.9 Å². The summed E-state index contributed by atoms with van der Waals surface area (Å²) in [6.45, 7) is -0.186. The quantitative estimate of drug-likeness (QED) is 0.296. The first-order valence-electron chi connectivity index (χ1n) is 11.9. The average Bonchev–Trinajstić information content (AvgIpc) is 2.90. The number of alkyl halides is 6. The highest BCUT2D eigenvalue weighted by Crippen LogP contribution is 2.50. The molecule has 0 amide bonds. The Labute approximate surface area is 229 Å². The molecule has 3 aromatic carbocycles. The van der Waals surface area contributed by atoms with Crippen molar-refractivity contribution in [3.63, 3.8) is 0 Å². The van der Waals surface area contributed by atoms with E-state index in [-0.39, 0.29) is 30.4 Å². The molecule has 15 heteroatoms. The Bertz CT molecular complexity index is 1560. The molecule has 2 heterocycles. The summed E-state index contributed by atoms with van der Waals surface area (Å²) < 4.78 is 121. The summed E-state index contributed by atoms with van der Waals surface area (Å²) in [5.74, 6) is -1.44. The SMILES string of the molecule is O=S(=O)(/N=C\C1COC[C@H](N2c3ccccc3Oc3cc(C(F)(F)F)ccc32)[C@H]1O)c1ccc(OC(F)(F)F)cc1.